The molecule has 1 fully saturated rings. The molecule has 2 heterocycles. The van der Waals surface area contributed by atoms with Crippen LogP contribution in [0.2, 0.25) is 0 Å². The fourth-order valence-corrected chi connectivity index (χ4v) is 2.27. The first-order chi connectivity index (χ1) is 8.84. The lowest BCUT2D eigenvalue weighted by Crippen LogP contribution is -2.26. The minimum atomic E-state index is 0. The smallest absolute Gasteiger partial charge is 0.220 e. The normalized spacial score (nSPS) is 16.9. The zero-order chi connectivity index (χ0) is 12.6. The number of carbonyl (C=O) groups excluding carboxylic acids is 1. The van der Waals surface area contributed by atoms with Crippen LogP contribution in [0.1, 0.15) is 24.8 Å². The molecular formula is C14H23Cl2N3O. The van der Waals surface area contributed by atoms with Gasteiger partial charge in [-0.3, -0.25) is 9.78 Å². The first-order valence-corrected chi connectivity index (χ1v) is 6.71. The number of hydrogen-bond acceptors (Lipinski definition) is 3. The van der Waals surface area contributed by atoms with Gasteiger partial charge in [-0.25, -0.2) is 0 Å². The molecule has 1 saturated heterocycles. The summed E-state index contributed by atoms with van der Waals surface area (Å²) in [5, 5.41) is 6.34. The van der Waals surface area contributed by atoms with Gasteiger partial charge in [0, 0.05) is 25.4 Å². The van der Waals surface area contributed by atoms with Crippen LogP contribution in [0, 0.1) is 5.92 Å². The molecule has 0 saturated carbocycles. The number of amides is 1. The molecule has 6 heteroatoms. The van der Waals surface area contributed by atoms with Crippen molar-refractivity contribution in [1.82, 2.24) is 15.6 Å². The quantitative estimate of drug-likeness (QED) is 0.843. The second-order valence-electron chi connectivity index (χ2n) is 4.85. The molecule has 1 aliphatic heterocycles. The average molecular weight is 320 g/mol. The van der Waals surface area contributed by atoms with E-state index in [2.05, 4.69) is 15.6 Å². The van der Waals surface area contributed by atoms with Crippen molar-refractivity contribution < 1.29 is 4.79 Å². The van der Waals surface area contributed by atoms with E-state index in [4.69, 9.17) is 0 Å². The van der Waals surface area contributed by atoms with Crippen molar-refractivity contribution >= 4 is 30.7 Å². The first kappa shape index (κ1) is 19.2. The van der Waals surface area contributed by atoms with E-state index in [1.54, 1.807) is 12.4 Å². The minimum absolute atomic E-state index is 0. The summed E-state index contributed by atoms with van der Waals surface area (Å²) >= 11 is 0. The Hall–Kier alpha value is -0.840. The third-order valence-electron chi connectivity index (χ3n) is 3.43. The molecule has 2 N–H and O–H groups in total. The summed E-state index contributed by atoms with van der Waals surface area (Å²) in [7, 11) is 0. The molecule has 0 bridgehead atoms. The largest absolute Gasteiger partial charge is 0.356 e. The van der Waals surface area contributed by atoms with Gasteiger partial charge in [-0.1, -0.05) is 0 Å². The number of aryl methyl sites for hydroxylation is 1. The van der Waals surface area contributed by atoms with Crippen LogP contribution >= 0.6 is 24.8 Å². The van der Waals surface area contributed by atoms with Gasteiger partial charge in [0.2, 0.25) is 5.91 Å². The minimum Gasteiger partial charge on any atom is -0.356 e. The van der Waals surface area contributed by atoms with Crippen molar-refractivity contribution in [3.63, 3.8) is 0 Å². The predicted molar refractivity (Wildman–Crippen MR) is 85.7 cm³/mol. The number of halogens is 2. The molecule has 2 rings (SSSR count). The Morgan fingerprint density at radius 1 is 1.35 bits per heavy atom. The van der Waals surface area contributed by atoms with Gasteiger partial charge >= 0.3 is 0 Å². The Balaban J connectivity index is 0.00000180. The third kappa shape index (κ3) is 7.08. The molecule has 1 aliphatic rings. The first-order valence-electron chi connectivity index (χ1n) is 6.71. The Morgan fingerprint density at radius 2 is 2.10 bits per heavy atom. The van der Waals surface area contributed by atoms with E-state index >= 15 is 0 Å². The van der Waals surface area contributed by atoms with E-state index in [-0.39, 0.29) is 30.7 Å². The average Bonchev–Trinajstić information content (AvgIpc) is 2.91. The molecule has 1 amide bonds. The summed E-state index contributed by atoms with van der Waals surface area (Å²) in [4.78, 5) is 15.6. The topological polar surface area (TPSA) is 54.0 Å². The number of aromatic nitrogens is 1. The Labute approximate surface area is 132 Å². The highest BCUT2D eigenvalue weighted by Gasteiger charge is 2.13. The van der Waals surface area contributed by atoms with Crippen LogP contribution in [0.5, 0.6) is 0 Å². The van der Waals surface area contributed by atoms with Gasteiger partial charge in [0.15, 0.2) is 0 Å². The van der Waals surface area contributed by atoms with Gasteiger partial charge in [0.05, 0.1) is 0 Å². The van der Waals surface area contributed by atoms with Crippen molar-refractivity contribution in [2.45, 2.75) is 25.7 Å². The standard InChI is InChI=1S/C14H21N3O.2ClH/c18-14(2-1-12-3-7-15-8-4-12)17-10-6-13-5-9-16-11-13;;/h3-4,7-8,13,16H,1-2,5-6,9-11H2,(H,17,18);2*1H. The Morgan fingerprint density at radius 3 is 2.75 bits per heavy atom. The lowest BCUT2D eigenvalue weighted by atomic mass is 10.1. The van der Waals surface area contributed by atoms with Crippen LogP contribution in [-0.2, 0) is 11.2 Å². The van der Waals surface area contributed by atoms with Crippen molar-refractivity contribution in [1.29, 1.82) is 0 Å². The third-order valence-corrected chi connectivity index (χ3v) is 3.43. The van der Waals surface area contributed by atoms with Crippen molar-refractivity contribution in [3.8, 4) is 0 Å². The summed E-state index contributed by atoms with van der Waals surface area (Å²) in [5.74, 6) is 0.892. The molecular weight excluding hydrogens is 297 g/mol. The van der Waals surface area contributed by atoms with E-state index < -0.39 is 0 Å². The van der Waals surface area contributed by atoms with Crippen molar-refractivity contribution in [3.05, 3.63) is 30.1 Å². The lowest BCUT2D eigenvalue weighted by molar-refractivity contribution is -0.121. The second kappa shape index (κ2) is 10.9. The van der Waals surface area contributed by atoms with Gasteiger partial charge < -0.3 is 10.6 Å². The molecule has 20 heavy (non-hydrogen) atoms. The van der Waals surface area contributed by atoms with Gasteiger partial charge in [-0.15, -0.1) is 24.8 Å². The SMILES string of the molecule is Cl.Cl.O=C(CCc1ccncc1)NCCC1CCNC1. The fraction of sp³-hybridized carbons (Fsp3) is 0.571. The van der Waals surface area contributed by atoms with Crippen molar-refractivity contribution in [2.24, 2.45) is 5.92 Å². The van der Waals surface area contributed by atoms with Crippen LogP contribution in [0.15, 0.2) is 24.5 Å². The van der Waals surface area contributed by atoms with Crippen molar-refractivity contribution in [2.75, 3.05) is 19.6 Å². The summed E-state index contributed by atoms with van der Waals surface area (Å²) < 4.78 is 0. The van der Waals surface area contributed by atoms with Crippen LogP contribution < -0.4 is 10.6 Å². The van der Waals surface area contributed by atoms with Gasteiger partial charge in [-0.05, 0) is 56.0 Å². The van der Waals surface area contributed by atoms with Crippen LogP contribution in [0.25, 0.3) is 0 Å². The van der Waals surface area contributed by atoms with Crippen LogP contribution in [-0.4, -0.2) is 30.5 Å². The molecule has 1 unspecified atom stereocenters. The number of pyridine rings is 1. The van der Waals surface area contributed by atoms with Gasteiger partial charge in [-0.2, -0.15) is 0 Å². The molecule has 4 nitrogen and oxygen atoms in total. The van der Waals surface area contributed by atoms with E-state index in [1.807, 2.05) is 12.1 Å². The monoisotopic (exact) mass is 319 g/mol. The van der Waals surface area contributed by atoms with E-state index in [1.165, 1.54) is 12.0 Å². The molecule has 1 atom stereocenters. The number of nitrogens with zero attached hydrogens (tertiary/aromatic N) is 1. The Bertz CT molecular complexity index is 370. The number of hydrogen-bond donors (Lipinski definition) is 2. The predicted octanol–water partition coefficient (Wildman–Crippen LogP) is 1.97. The molecule has 0 spiro atoms. The second-order valence-corrected chi connectivity index (χ2v) is 4.85. The lowest BCUT2D eigenvalue weighted by Gasteiger charge is -2.09. The number of carbonyl (C=O) groups is 1. The van der Waals surface area contributed by atoms with Gasteiger partial charge in [0.25, 0.3) is 0 Å². The van der Waals surface area contributed by atoms with Crippen LogP contribution in [0.4, 0.5) is 0 Å². The van der Waals surface area contributed by atoms with E-state index in [0.717, 1.165) is 38.4 Å². The fourth-order valence-electron chi connectivity index (χ4n) is 2.27. The van der Waals surface area contributed by atoms with E-state index in [0.29, 0.717) is 6.42 Å². The van der Waals surface area contributed by atoms with E-state index in [9.17, 15) is 4.79 Å². The molecule has 1 aromatic heterocycles. The zero-order valence-electron chi connectivity index (χ0n) is 11.5. The molecule has 114 valence electrons. The van der Waals surface area contributed by atoms with Gasteiger partial charge in [0.1, 0.15) is 0 Å². The number of nitrogens with one attached hydrogen (secondary N) is 2. The molecule has 0 radical (unpaired) electrons. The molecule has 0 aliphatic carbocycles. The summed E-state index contributed by atoms with van der Waals surface area (Å²) in [5.41, 5.74) is 1.17. The highest BCUT2D eigenvalue weighted by Crippen LogP contribution is 2.10. The maximum absolute atomic E-state index is 11.6. The molecule has 0 aromatic carbocycles. The zero-order valence-corrected chi connectivity index (χ0v) is 13.1. The number of rotatable bonds is 6. The highest BCUT2D eigenvalue weighted by atomic mass is 35.5. The maximum Gasteiger partial charge on any atom is 0.220 e. The highest BCUT2D eigenvalue weighted by molar-refractivity contribution is 5.85. The summed E-state index contributed by atoms with van der Waals surface area (Å²) in [6, 6.07) is 3.91. The van der Waals surface area contributed by atoms with Crippen LogP contribution in [0.3, 0.4) is 0 Å². The summed E-state index contributed by atoms with van der Waals surface area (Å²) in [6.45, 7) is 3.04. The summed E-state index contributed by atoms with van der Waals surface area (Å²) in [6.07, 6.45) is 7.22. The molecule has 1 aromatic rings. The Kier molecular flexibility index (Phi) is 10.4. The maximum atomic E-state index is 11.6.